The van der Waals surface area contributed by atoms with E-state index >= 15 is 0 Å². The minimum absolute atomic E-state index is 0.0259. The van der Waals surface area contributed by atoms with E-state index in [0.717, 1.165) is 26.2 Å². The third-order valence-electron chi connectivity index (χ3n) is 6.23. The van der Waals surface area contributed by atoms with Crippen LogP contribution in [-0.4, -0.2) is 75.0 Å². The average molecular weight is 493 g/mol. The lowest BCUT2D eigenvalue weighted by atomic mass is 9.86. The molecular weight excluding hydrogens is 456 g/mol. The zero-order valence-electron chi connectivity index (χ0n) is 20.0. The molecule has 1 aromatic rings. The molecule has 1 saturated carbocycles. The number of rotatable bonds is 8. The first-order valence-corrected chi connectivity index (χ1v) is 11.9. The molecule has 2 N–H and O–H groups in total. The lowest BCUT2D eigenvalue weighted by Crippen LogP contribution is -2.49. The Balaban J connectivity index is 0.000000248. The van der Waals surface area contributed by atoms with Crippen LogP contribution in [0.1, 0.15) is 42.5 Å². The molecule has 0 spiro atoms. The maximum atomic E-state index is 11.7. The van der Waals surface area contributed by atoms with Crippen molar-refractivity contribution >= 4 is 36.8 Å². The first-order chi connectivity index (χ1) is 16.4. The first kappa shape index (κ1) is 27.5. The molecule has 0 atom stereocenters. The van der Waals surface area contributed by atoms with E-state index in [1.165, 1.54) is 44.9 Å². The summed E-state index contributed by atoms with van der Waals surface area (Å²) in [6.45, 7) is 7.68. The number of amides is 3. The van der Waals surface area contributed by atoms with Crippen LogP contribution < -0.4 is 15.4 Å². The number of benzene rings is 1. The molecular formula is C24H36N4O5S. The van der Waals surface area contributed by atoms with Crippen molar-refractivity contribution in [1.29, 1.82) is 0 Å². The van der Waals surface area contributed by atoms with Gasteiger partial charge in [-0.1, -0.05) is 25.8 Å². The van der Waals surface area contributed by atoms with E-state index in [0.29, 0.717) is 29.3 Å². The van der Waals surface area contributed by atoms with E-state index in [4.69, 9.17) is 4.74 Å². The number of methoxy groups -OCH3 is 1. The minimum Gasteiger partial charge on any atom is -0.497 e. The number of ether oxygens (including phenoxy) is 1. The molecule has 10 heteroatoms. The van der Waals surface area contributed by atoms with E-state index in [1.54, 1.807) is 25.2 Å². The summed E-state index contributed by atoms with van der Waals surface area (Å²) in [5.41, 5.74) is 2.29. The number of carbonyl (C=O) groups is 3. The summed E-state index contributed by atoms with van der Waals surface area (Å²) < 4.78 is 9.58. The maximum absolute atomic E-state index is 11.7. The SMILES string of the molecule is C=C(C1CCCCC1)N1CCN(C(=O)COS)CC1.CNc1ccc(OC)cc1C(=O)NC=O. The number of allylic oxidation sites excluding steroid dienone is 1. The molecule has 3 rings (SSSR count). The molecule has 34 heavy (non-hydrogen) atoms. The summed E-state index contributed by atoms with van der Waals surface area (Å²) in [5, 5.41) is 4.93. The standard InChI is InChI=1S/C14H24N2O2S.C10H12N2O3/c1-12(13-5-3-2-4-6-13)15-7-9-16(10-8-15)14(17)11-18-19;1-11-9-4-3-7(15-2)5-8(9)10(14)12-6-13/h13,19H,1-11H2;3-6,11H,1-2H3,(H,12,13,14). The van der Waals surface area contributed by atoms with Gasteiger partial charge in [-0.2, -0.15) is 0 Å². The van der Waals surface area contributed by atoms with Crippen LogP contribution in [0.2, 0.25) is 0 Å². The predicted molar refractivity (Wildman–Crippen MR) is 135 cm³/mol. The monoisotopic (exact) mass is 492 g/mol. The van der Waals surface area contributed by atoms with Crippen molar-refractivity contribution in [2.24, 2.45) is 5.92 Å². The predicted octanol–water partition coefficient (Wildman–Crippen LogP) is 2.71. The topological polar surface area (TPSA) is 100 Å². The zero-order chi connectivity index (χ0) is 24.9. The Hall–Kier alpha value is -2.72. The number of nitrogens with zero attached hydrogens (tertiary/aromatic N) is 2. The number of hydrogen-bond acceptors (Lipinski definition) is 8. The van der Waals surface area contributed by atoms with Gasteiger partial charge in [0.1, 0.15) is 12.4 Å². The van der Waals surface area contributed by atoms with Crippen molar-refractivity contribution in [2.45, 2.75) is 32.1 Å². The summed E-state index contributed by atoms with van der Waals surface area (Å²) in [6, 6.07) is 4.99. The Morgan fingerprint density at radius 3 is 2.35 bits per heavy atom. The van der Waals surface area contributed by atoms with Gasteiger partial charge in [0.2, 0.25) is 12.3 Å². The van der Waals surface area contributed by atoms with Crippen molar-refractivity contribution in [3.8, 4) is 5.75 Å². The highest BCUT2D eigenvalue weighted by molar-refractivity contribution is 7.75. The number of piperazine rings is 1. The third-order valence-corrected chi connectivity index (χ3v) is 6.36. The molecule has 2 fully saturated rings. The molecule has 9 nitrogen and oxygen atoms in total. The van der Waals surface area contributed by atoms with Crippen molar-refractivity contribution in [1.82, 2.24) is 15.1 Å². The van der Waals surface area contributed by atoms with Crippen LogP contribution in [0.3, 0.4) is 0 Å². The van der Waals surface area contributed by atoms with E-state index < -0.39 is 5.91 Å². The Morgan fingerprint density at radius 1 is 1.15 bits per heavy atom. The lowest BCUT2D eigenvalue weighted by Gasteiger charge is -2.40. The van der Waals surface area contributed by atoms with Crippen LogP contribution in [0, 0.1) is 5.92 Å². The van der Waals surface area contributed by atoms with Gasteiger partial charge in [-0.15, -0.1) is 0 Å². The minimum atomic E-state index is -0.465. The molecule has 1 aliphatic heterocycles. The zero-order valence-corrected chi connectivity index (χ0v) is 20.9. The highest BCUT2D eigenvalue weighted by Gasteiger charge is 2.25. The van der Waals surface area contributed by atoms with E-state index in [9.17, 15) is 14.4 Å². The van der Waals surface area contributed by atoms with Crippen molar-refractivity contribution in [2.75, 3.05) is 52.3 Å². The fraction of sp³-hybridized carbons (Fsp3) is 0.542. The molecule has 188 valence electrons. The second-order valence-corrected chi connectivity index (χ2v) is 8.48. The maximum Gasteiger partial charge on any atom is 0.259 e. The fourth-order valence-electron chi connectivity index (χ4n) is 4.27. The van der Waals surface area contributed by atoms with E-state index in [2.05, 4.69) is 39.2 Å². The van der Waals surface area contributed by atoms with Gasteiger partial charge in [-0.25, -0.2) is 0 Å². The number of imide groups is 1. The quantitative estimate of drug-likeness (QED) is 0.291. The lowest BCUT2D eigenvalue weighted by molar-refractivity contribution is -0.134. The first-order valence-electron chi connectivity index (χ1n) is 11.5. The van der Waals surface area contributed by atoms with Gasteiger partial charge in [0, 0.05) is 44.6 Å². The van der Waals surface area contributed by atoms with Gasteiger partial charge in [0.25, 0.3) is 5.91 Å². The smallest absolute Gasteiger partial charge is 0.259 e. The molecule has 2 aliphatic rings. The number of nitrogens with one attached hydrogen (secondary N) is 2. The number of anilines is 1. The van der Waals surface area contributed by atoms with Crippen molar-refractivity contribution in [3.63, 3.8) is 0 Å². The molecule has 1 aliphatic carbocycles. The van der Waals surface area contributed by atoms with Crippen LogP contribution in [0.15, 0.2) is 30.5 Å². The van der Waals surface area contributed by atoms with Crippen LogP contribution in [0.5, 0.6) is 5.75 Å². The molecule has 0 bridgehead atoms. The molecule has 1 heterocycles. The fourth-order valence-corrected chi connectivity index (χ4v) is 4.38. The Bertz CT molecular complexity index is 837. The second kappa shape index (κ2) is 14.5. The second-order valence-electron chi connectivity index (χ2n) is 8.22. The summed E-state index contributed by atoms with van der Waals surface area (Å²) in [7, 11) is 3.20. The van der Waals surface area contributed by atoms with E-state index in [-0.39, 0.29) is 12.5 Å². The van der Waals surface area contributed by atoms with Gasteiger partial charge < -0.3 is 24.0 Å². The van der Waals surface area contributed by atoms with Crippen LogP contribution >= 0.6 is 12.9 Å². The Labute approximate surface area is 207 Å². The number of thiol groups is 1. The summed E-state index contributed by atoms with van der Waals surface area (Å²) in [5.74, 6) is 0.785. The summed E-state index contributed by atoms with van der Waals surface area (Å²) in [6.07, 6.45) is 6.96. The van der Waals surface area contributed by atoms with Gasteiger partial charge in [0.15, 0.2) is 0 Å². The van der Waals surface area contributed by atoms with Gasteiger partial charge in [-0.3, -0.25) is 19.7 Å². The molecule has 1 saturated heterocycles. The van der Waals surface area contributed by atoms with Gasteiger partial charge in [0.05, 0.1) is 12.7 Å². The van der Waals surface area contributed by atoms with Crippen LogP contribution in [0.25, 0.3) is 0 Å². The summed E-state index contributed by atoms with van der Waals surface area (Å²) in [4.78, 5) is 37.5. The van der Waals surface area contributed by atoms with Crippen molar-refractivity contribution < 1.29 is 23.3 Å². The molecule has 0 radical (unpaired) electrons. The highest BCUT2D eigenvalue weighted by Crippen LogP contribution is 2.31. The number of carbonyl (C=O) groups excluding carboxylic acids is 3. The Kier molecular flexibility index (Phi) is 11.8. The van der Waals surface area contributed by atoms with E-state index in [1.807, 2.05) is 4.90 Å². The molecule has 1 aromatic carbocycles. The summed E-state index contributed by atoms with van der Waals surface area (Å²) >= 11 is 3.63. The third kappa shape index (κ3) is 7.95. The average Bonchev–Trinajstić information content (AvgIpc) is 2.89. The van der Waals surface area contributed by atoms with Gasteiger partial charge >= 0.3 is 0 Å². The highest BCUT2D eigenvalue weighted by atomic mass is 32.1. The molecule has 0 aromatic heterocycles. The molecule has 3 amide bonds. The number of hydrogen-bond donors (Lipinski definition) is 3. The largest absolute Gasteiger partial charge is 0.497 e. The molecule has 0 unspecified atom stereocenters. The Morgan fingerprint density at radius 2 is 1.79 bits per heavy atom. The normalized spacial score (nSPS) is 16.1. The van der Waals surface area contributed by atoms with Gasteiger partial charge in [-0.05, 0) is 49.9 Å². The van der Waals surface area contributed by atoms with Crippen molar-refractivity contribution in [3.05, 3.63) is 36.0 Å². The van der Waals surface area contributed by atoms with Crippen LogP contribution in [-0.2, 0) is 13.8 Å². The van der Waals surface area contributed by atoms with Crippen LogP contribution in [0.4, 0.5) is 5.69 Å².